The number of H-pyrrole nitrogens is 1. The van der Waals surface area contributed by atoms with Crippen LogP contribution in [0.5, 0.6) is 0 Å². The summed E-state index contributed by atoms with van der Waals surface area (Å²) in [6.45, 7) is 9.70. The predicted molar refractivity (Wildman–Crippen MR) is 261 cm³/mol. The van der Waals surface area contributed by atoms with E-state index >= 15 is 0 Å². The molecule has 5 heterocycles. The second kappa shape index (κ2) is 24.7. The first-order chi connectivity index (χ1) is 34.4. The molecule has 0 radical (unpaired) electrons. The van der Waals surface area contributed by atoms with Gasteiger partial charge >= 0.3 is 5.97 Å². The highest BCUT2D eigenvalue weighted by Crippen LogP contribution is 2.42. The van der Waals surface area contributed by atoms with Gasteiger partial charge in [0, 0.05) is 54.9 Å². The standard InChI is InChI=1S/C47H68N14O12/c1-21(2)14-30-40(66)60-36(23(5)6)42(68)58-32(41(67)56-27(8-7-13-51-46(48)49)38(64)52-19-34(63)55-31(44(70)71)16-25-18-50-20-53-25)17-47(73)26-10-9-24(15-29(26)59-45(47)72)35(22(3)4)37(43(69)57-30)61-39(65)28-11-12-33(62)54-28/h9-10,15,18,20-23,27-28,30-32,35-37,73H,7-8,11-14,16-17,19H2,1-6H3,(H,50,53)(H,52,64)(H,54,62)(H,55,63)(H,56,67)(H,57,69)(H,58,68)(H,59,72)(H,60,66)(H,61,65)(H,70,71)(H4,48,49,51). The maximum absolute atomic E-state index is 14.6. The Kier molecular flexibility index (Phi) is 19.0. The summed E-state index contributed by atoms with van der Waals surface area (Å²) in [6.07, 6.45) is 2.03. The lowest BCUT2D eigenvalue weighted by Crippen LogP contribution is -2.62. The Hall–Kier alpha value is -7.64. The number of imidazole rings is 1. The van der Waals surface area contributed by atoms with Crippen LogP contribution in [0.2, 0.25) is 0 Å². The molecule has 4 aliphatic rings. The first-order valence-electron chi connectivity index (χ1n) is 24.2. The Morgan fingerprint density at radius 3 is 2.21 bits per heavy atom. The van der Waals surface area contributed by atoms with Crippen molar-refractivity contribution in [2.45, 2.75) is 140 Å². The van der Waals surface area contributed by atoms with Gasteiger partial charge in [0.1, 0.15) is 42.3 Å². The summed E-state index contributed by atoms with van der Waals surface area (Å²) in [6, 6.07) is -5.19. The molecule has 2 aromatic rings. The van der Waals surface area contributed by atoms with Crippen LogP contribution in [0.1, 0.15) is 103 Å². The molecule has 9 unspecified atom stereocenters. The van der Waals surface area contributed by atoms with Crippen LogP contribution in [0.15, 0.2) is 35.7 Å². The van der Waals surface area contributed by atoms with Crippen molar-refractivity contribution in [3.63, 3.8) is 0 Å². The van der Waals surface area contributed by atoms with Crippen LogP contribution in [0.3, 0.4) is 0 Å². The molecule has 4 bridgehead atoms. The fourth-order valence-corrected chi connectivity index (χ4v) is 9.05. The van der Waals surface area contributed by atoms with Gasteiger partial charge < -0.3 is 74.5 Å². The zero-order valence-electron chi connectivity index (χ0n) is 41.6. The fraction of sp³-hybridized carbons (Fsp3) is 0.574. The van der Waals surface area contributed by atoms with Crippen molar-refractivity contribution in [3.05, 3.63) is 47.5 Å². The van der Waals surface area contributed by atoms with Crippen LogP contribution in [-0.4, -0.2) is 141 Å². The highest BCUT2D eigenvalue weighted by Gasteiger charge is 2.50. The number of hydrogen-bond donors (Lipinski definition) is 14. The van der Waals surface area contributed by atoms with E-state index in [0.717, 1.165) is 0 Å². The largest absolute Gasteiger partial charge is 0.480 e. The molecule has 398 valence electrons. The van der Waals surface area contributed by atoms with Crippen LogP contribution < -0.4 is 59.3 Å². The number of nitrogens with two attached hydrogens (primary N) is 2. The second-order valence-corrected chi connectivity index (χ2v) is 19.7. The van der Waals surface area contributed by atoms with Crippen LogP contribution in [-0.2, 0) is 60.0 Å². The number of amides is 9. The molecule has 0 aliphatic carbocycles. The van der Waals surface area contributed by atoms with Crippen molar-refractivity contribution in [3.8, 4) is 0 Å². The lowest BCUT2D eigenvalue weighted by Gasteiger charge is -2.33. The average Bonchev–Trinajstić information content (AvgIpc) is 4.05. The number of nitrogens with zero attached hydrogens (tertiary/aromatic N) is 2. The summed E-state index contributed by atoms with van der Waals surface area (Å²) in [4.78, 5) is 147. The summed E-state index contributed by atoms with van der Waals surface area (Å²) in [7, 11) is 0. The Bertz CT molecular complexity index is 2440. The van der Waals surface area contributed by atoms with Crippen molar-refractivity contribution in [2.24, 2.45) is 34.2 Å². The number of hydrogen-bond acceptors (Lipinski definition) is 13. The molecule has 4 aliphatic heterocycles. The van der Waals surface area contributed by atoms with Gasteiger partial charge in [-0.05, 0) is 55.1 Å². The average molecular weight is 1020 g/mol. The molecule has 16 N–H and O–H groups in total. The number of aromatic amines is 1. The Labute approximate surface area is 420 Å². The summed E-state index contributed by atoms with van der Waals surface area (Å²) in [5, 5.41) is 45.5. The number of aliphatic carboxylic acids is 1. The molecule has 26 heteroatoms. The van der Waals surface area contributed by atoms with Gasteiger partial charge in [0.2, 0.25) is 47.3 Å². The van der Waals surface area contributed by atoms with Crippen molar-refractivity contribution in [1.29, 1.82) is 0 Å². The van der Waals surface area contributed by atoms with Gasteiger partial charge in [0.25, 0.3) is 5.91 Å². The molecule has 1 aromatic heterocycles. The Morgan fingerprint density at radius 2 is 1.60 bits per heavy atom. The van der Waals surface area contributed by atoms with Crippen molar-refractivity contribution in [1.82, 2.24) is 52.5 Å². The third-order valence-electron chi connectivity index (χ3n) is 12.8. The minimum Gasteiger partial charge on any atom is -0.480 e. The van der Waals surface area contributed by atoms with Crippen molar-refractivity contribution in [2.75, 3.05) is 18.4 Å². The number of rotatable bonds is 19. The Morgan fingerprint density at radius 1 is 0.877 bits per heavy atom. The number of carbonyl (C=O) groups is 10. The molecule has 1 saturated heterocycles. The molecule has 26 nitrogen and oxygen atoms in total. The quantitative estimate of drug-likeness (QED) is 0.0290. The molecule has 0 saturated carbocycles. The highest BCUT2D eigenvalue weighted by atomic mass is 16.4. The number of guanidine groups is 1. The van der Waals surface area contributed by atoms with E-state index in [0.29, 0.717) is 11.3 Å². The van der Waals surface area contributed by atoms with Crippen LogP contribution in [0, 0.1) is 17.8 Å². The van der Waals surface area contributed by atoms with E-state index in [4.69, 9.17) is 11.5 Å². The van der Waals surface area contributed by atoms with Gasteiger partial charge in [-0.15, -0.1) is 0 Å². The zero-order chi connectivity index (χ0) is 53.9. The lowest BCUT2D eigenvalue weighted by molar-refractivity contribution is -0.142. The number of fused-ring (bicyclic) bond motifs is 12. The molecule has 6 rings (SSSR count). The maximum atomic E-state index is 14.6. The van der Waals surface area contributed by atoms with Gasteiger partial charge in [0.05, 0.1) is 12.9 Å². The minimum atomic E-state index is -2.53. The molecular formula is C47H68N14O12. The number of aliphatic imine (C=N–C) groups is 1. The smallest absolute Gasteiger partial charge is 0.326 e. The summed E-state index contributed by atoms with van der Waals surface area (Å²) >= 11 is 0. The molecular weight excluding hydrogens is 953 g/mol. The first kappa shape index (κ1) is 56.3. The maximum Gasteiger partial charge on any atom is 0.326 e. The topological polar surface area (TPSA) is 413 Å². The second-order valence-electron chi connectivity index (χ2n) is 19.7. The normalized spacial score (nSPS) is 24.1. The van der Waals surface area contributed by atoms with E-state index in [-0.39, 0.29) is 74.1 Å². The first-order valence-corrected chi connectivity index (χ1v) is 24.2. The highest BCUT2D eigenvalue weighted by molar-refractivity contribution is 6.06. The van der Waals surface area contributed by atoms with Gasteiger partial charge in [-0.2, -0.15) is 0 Å². The number of carboxylic acids is 1. The molecule has 1 aromatic carbocycles. The van der Waals surface area contributed by atoms with E-state index in [1.54, 1.807) is 33.8 Å². The van der Waals surface area contributed by atoms with Crippen LogP contribution in [0.4, 0.5) is 5.69 Å². The Balaban J connectivity index is 1.53. The fourth-order valence-electron chi connectivity index (χ4n) is 9.05. The van der Waals surface area contributed by atoms with E-state index in [2.05, 4.69) is 62.8 Å². The molecule has 73 heavy (non-hydrogen) atoms. The summed E-state index contributed by atoms with van der Waals surface area (Å²) in [5.41, 5.74) is 9.35. The monoisotopic (exact) mass is 1020 g/mol. The van der Waals surface area contributed by atoms with E-state index in [1.807, 2.05) is 13.8 Å². The summed E-state index contributed by atoms with van der Waals surface area (Å²) < 4.78 is 0. The van der Waals surface area contributed by atoms with Crippen LogP contribution in [0.25, 0.3) is 0 Å². The van der Waals surface area contributed by atoms with Crippen molar-refractivity contribution < 1.29 is 58.2 Å². The summed E-state index contributed by atoms with van der Waals surface area (Å²) in [5.74, 6) is -11.1. The molecule has 9 atom stereocenters. The van der Waals surface area contributed by atoms with Crippen LogP contribution >= 0.6 is 0 Å². The predicted octanol–water partition coefficient (Wildman–Crippen LogP) is -2.92. The van der Waals surface area contributed by atoms with Crippen molar-refractivity contribution >= 4 is 70.8 Å². The van der Waals surface area contributed by atoms with Gasteiger partial charge in [0.15, 0.2) is 11.6 Å². The third kappa shape index (κ3) is 14.7. The minimum absolute atomic E-state index is 0.00718. The molecule has 1 fully saturated rings. The number of nitrogens with one attached hydrogen (secondary N) is 10. The van der Waals surface area contributed by atoms with E-state index in [1.165, 1.54) is 24.7 Å². The number of carbonyl (C=O) groups excluding carboxylic acids is 9. The number of carboxylic acid groups (broad SMARTS) is 1. The van der Waals surface area contributed by atoms with Gasteiger partial charge in [-0.1, -0.05) is 53.7 Å². The molecule has 0 spiro atoms. The van der Waals surface area contributed by atoms with E-state index < -0.39 is 132 Å². The number of aromatic nitrogens is 2. The molecule has 9 amide bonds. The van der Waals surface area contributed by atoms with Gasteiger partial charge in [-0.25, -0.2) is 9.78 Å². The third-order valence-corrected chi connectivity index (χ3v) is 12.8. The number of anilines is 1. The SMILES string of the molecule is CC(C)CC1NC(=O)C(NC(=O)C2CCC(=O)N2)C(C(C)C)c2ccc3c(c2)NC(=O)C3(O)CC(C(=O)NC(CCCN=C(N)N)C(=O)NCC(=O)NC(Cc2cnc[nH]2)C(=O)O)NC(=O)C(C(C)C)NC1=O. The zero-order valence-corrected chi connectivity index (χ0v) is 41.6. The number of benzene rings is 1. The lowest BCUT2D eigenvalue weighted by atomic mass is 9.80. The number of aliphatic hydroxyl groups is 1. The van der Waals surface area contributed by atoms with E-state index in [9.17, 15) is 58.2 Å². The van der Waals surface area contributed by atoms with Gasteiger partial charge in [-0.3, -0.25) is 48.1 Å².